The lowest BCUT2D eigenvalue weighted by atomic mass is 10.3. The van der Waals surface area contributed by atoms with Crippen LogP contribution in [0, 0.1) is 0 Å². The van der Waals surface area contributed by atoms with E-state index < -0.39 is 24.4 Å². The Morgan fingerprint density at radius 1 is 1.78 bits per heavy atom. The number of carbonyl (C=O) groups is 2. The quantitative estimate of drug-likeness (QED) is 0.461. The molecular weight excluding hydrogens is 128 g/mol. The van der Waals surface area contributed by atoms with Gasteiger partial charge in [-0.1, -0.05) is 0 Å². The van der Waals surface area contributed by atoms with Crippen LogP contribution >= 0.6 is 0 Å². The van der Waals surface area contributed by atoms with Crippen LogP contribution in [-0.2, 0) is 9.59 Å². The maximum atomic E-state index is 10.8. The molecule has 3 N–H and O–H groups in total. The minimum Gasteiger partial charge on any atom is -0.481 e. The summed E-state index contributed by atoms with van der Waals surface area (Å²) in [7, 11) is 0. The summed E-state index contributed by atoms with van der Waals surface area (Å²) in [5.41, 5.74) is 0. The van der Waals surface area contributed by atoms with Crippen LogP contribution in [0.25, 0.3) is 2.86 Å². The minimum absolute atomic E-state index is 1.92. The Morgan fingerprint density at radius 3 is 3.00 bits per heavy atom. The third-order valence-corrected chi connectivity index (χ3v) is 0.401. The van der Waals surface area contributed by atoms with E-state index in [0.717, 1.165) is 0 Å². The Labute approximate surface area is 59.2 Å². The molecule has 0 aliphatic carbocycles. The second kappa shape index (κ2) is 3.03. The van der Waals surface area contributed by atoms with Gasteiger partial charge in [0.2, 0.25) is 1.43 Å². The summed E-state index contributed by atoms with van der Waals surface area (Å²) in [6.07, 6.45) is -6.87. The fourth-order valence-electron chi connectivity index (χ4n) is 0.144. The molecule has 5 nitrogen and oxygen atoms in total. The Kier molecular flexibility index (Phi) is 0.762. The molecule has 0 saturated carbocycles. The van der Waals surface area contributed by atoms with Crippen molar-refractivity contribution in [1.29, 1.82) is 4.29 Å². The molecule has 0 radical (unpaired) electrons. The summed E-state index contributed by atoms with van der Waals surface area (Å²) in [5.74, 6) is -3.84. The molecule has 0 aliphatic heterocycles. The summed E-state index contributed by atoms with van der Waals surface area (Å²) in [6, 6.07) is 0. The molecule has 0 spiro atoms. The molecule has 0 amide bonds. The fraction of sp³-hybridized carbons (Fsp3) is 0.500. The van der Waals surface area contributed by atoms with Crippen LogP contribution in [0.15, 0.2) is 0 Å². The maximum Gasteiger partial charge on any atom is 0.333 e. The molecule has 0 bridgehead atoms. The SMILES string of the molecule is [2H]OC(=O)C([2H])([2H])[C@]([2H])(O[2H])C(=O)O[2H]. The number of hydrogen-bond acceptors (Lipinski definition) is 5. The minimum atomic E-state index is -3.45. The van der Waals surface area contributed by atoms with Crippen molar-refractivity contribution >= 4 is 11.9 Å². The molecule has 0 aromatic heterocycles. The summed E-state index contributed by atoms with van der Waals surface area (Å²) >= 11 is 0. The van der Waals surface area contributed by atoms with E-state index in [4.69, 9.17) is 8.41 Å². The van der Waals surface area contributed by atoms with Gasteiger partial charge in [-0.25, -0.2) is 4.79 Å². The molecule has 0 rings (SSSR count). The van der Waals surface area contributed by atoms with Gasteiger partial charge >= 0.3 is 11.9 Å². The van der Waals surface area contributed by atoms with Gasteiger partial charge < -0.3 is 15.3 Å². The van der Waals surface area contributed by atoms with E-state index in [1.165, 1.54) is 0 Å². The molecule has 0 heterocycles. The largest absolute Gasteiger partial charge is 0.481 e. The Morgan fingerprint density at radius 2 is 2.56 bits per heavy atom. The Balaban J connectivity index is 5.27. The van der Waals surface area contributed by atoms with Crippen LogP contribution in [0.3, 0.4) is 0 Å². The van der Waals surface area contributed by atoms with Crippen LogP contribution in [0.1, 0.15) is 10.5 Å². The van der Waals surface area contributed by atoms with Gasteiger partial charge in [0.05, 0.1) is 7.74 Å². The fourth-order valence-corrected chi connectivity index (χ4v) is 0.144. The normalized spacial score (nSPS) is 26.2. The summed E-state index contributed by atoms with van der Waals surface area (Å²) < 4.78 is 39.6. The molecule has 0 aromatic rings. The van der Waals surface area contributed by atoms with E-state index in [1.54, 1.807) is 0 Å². The molecule has 5 heteroatoms. The van der Waals surface area contributed by atoms with E-state index in [1.807, 2.05) is 0 Å². The zero-order valence-corrected chi connectivity index (χ0v) is 4.04. The van der Waals surface area contributed by atoms with E-state index >= 15 is 0 Å². The van der Waals surface area contributed by atoms with Gasteiger partial charge in [-0.3, -0.25) is 4.79 Å². The van der Waals surface area contributed by atoms with Crippen LogP contribution in [0.5, 0.6) is 0 Å². The standard InChI is InChI=1S/C4H6O5/c5-2(4(8)9)1-3(6)7/h2,5H,1H2,(H,6,7)(H,8,9)/t2-/m0/s1/i1D2,2D,5D/hD2. The molecular formula is C4H6O5. The maximum absolute atomic E-state index is 10.8. The molecule has 9 heavy (non-hydrogen) atoms. The number of aliphatic carboxylic acids is 2. The van der Waals surface area contributed by atoms with Crippen molar-refractivity contribution in [1.82, 2.24) is 0 Å². The third-order valence-electron chi connectivity index (χ3n) is 0.401. The zero-order valence-electron chi connectivity index (χ0n) is 10.0. The van der Waals surface area contributed by atoms with E-state index in [9.17, 15) is 9.59 Å². The summed E-state index contributed by atoms with van der Waals surface area (Å²) in [4.78, 5) is 21.5. The Bertz CT molecular complexity index is 268. The van der Waals surface area contributed by atoms with Crippen molar-refractivity contribution in [2.45, 2.75) is 12.5 Å². The number of aliphatic hydroxyl groups is 1. The second-order valence-electron chi connectivity index (χ2n) is 1.03. The van der Waals surface area contributed by atoms with Crippen LogP contribution in [0.2, 0.25) is 0 Å². The average Bonchev–Trinajstić information content (AvgIpc) is 2.24. The van der Waals surface area contributed by atoms with E-state index in [0.29, 0.717) is 0 Å². The van der Waals surface area contributed by atoms with Crippen molar-refractivity contribution < 1.29 is 29.0 Å². The lowest BCUT2D eigenvalue weighted by Gasteiger charge is -1.97. The molecule has 1 atom stereocenters. The first kappa shape index (κ1) is 2.26. The lowest BCUT2D eigenvalue weighted by molar-refractivity contribution is -0.152. The highest BCUT2D eigenvalue weighted by molar-refractivity contribution is 5.79. The highest BCUT2D eigenvalue weighted by Gasteiger charge is 2.16. The third kappa shape index (κ3) is 3.48. The van der Waals surface area contributed by atoms with Gasteiger partial charge in [0.1, 0.15) is 0 Å². The highest BCUT2D eigenvalue weighted by Crippen LogP contribution is 1.89. The first-order valence-corrected chi connectivity index (χ1v) is 1.77. The van der Waals surface area contributed by atoms with Crippen molar-refractivity contribution in [3.63, 3.8) is 0 Å². The first-order valence-electron chi connectivity index (χ1n) is 4.50. The van der Waals surface area contributed by atoms with Crippen LogP contribution in [0.4, 0.5) is 0 Å². The van der Waals surface area contributed by atoms with Gasteiger partial charge in [0.25, 0.3) is 2.86 Å². The topological polar surface area (TPSA) is 94.8 Å². The van der Waals surface area contributed by atoms with Crippen LogP contribution < -0.4 is 0 Å². The highest BCUT2D eigenvalue weighted by atomic mass is 16.4. The molecule has 52 valence electrons. The van der Waals surface area contributed by atoms with Gasteiger partial charge in [0, 0.05) is 2.74 Å². The molecule has 0 unspecified atom stereocenters. The number of rotatable bonds is 4. The average molecular weight is 140 g/mol. The monoisotopic (exact) mass is 140 g/mol. The number of carboxylic acid groups (broad SMARTS) is 2. The van der Waals surface area contributed by atoms with Gasteiger partial charge in [-0.15, -0.1) is 0 Å². The Hall–Kier alpha value is -1.10. The van der Waals surface area contributed by atoms with Gasteiger partial charge in [0.15, 0.2) is 6.08 Å². The zero-order chi connectivity index (χ0) is 12.3. The lowest BCUT2D eigenvalue weighted by Crippen LogP contribution is -2.22. The molecule has 0 saturated heterocycles. The van der Waals surface area contributed by atoms with Crippen molar-refractivity contribution in [3.05, 3.63) is 0 Å². The first-order chi connectivity index (χ1) is 6.77. The van der Waals surface area contributed by atoms with E-state index in [-0.39, 0.29) is 0 Å². The predicted molar refractivity (Wildman–Crippen MR) is 25.9 cm³/mol. The van der Waals surface area contributed by atoms with Crippen LogP contribution in [-0.4, -0.2) is 34.8 Å². The van der Waals surface area contributed by atoms with Gasteiger partial charge in [-0.2, -0.15) is 0 Å². The summed E-state index contributed by atoms with van der Waals surface area (Å²) in [6.45, 7) is 0. The van der Waals surface area contributed by atoms with E-state index in [2.05, 4.69) is 15.3 Å². The van der Waals surface area contributed by atoms with Crippen molar-refractivity contribution in [2.24, 2.45) is 0 Å². The number of carboxylic acids is 2. The molecule has 0 aromatic carbocycles. The predicted octanol–water partition coefficient (Wildman–Crippen LogP) is -1.09. The summed E-state index contributed by atoms with van der Waals surface area (Å²) in [5, 5.41) is 9.94. The number of hydrogen-bond donors (Lipinski definition) is 3. The van der Waals surface area contributed by atoms with Crippen molar-refractivity contribution in [3.8, 4) is 0 Å². The second-order valence-corrected chi connectivity index (χ2v) is 1.03. The smallest absolute Gasteiger partial charge is 0.333 e. The molecule has 0 fully saturated rings. The van der Waals surface area contributed by atoms with Gasteiger partial charge in [-0.05, 0) is 0 Å². The van der Waals surface area contributed by atoms with Crippen molar-refractivity contribution in [2.75, 3.05) is 0 Å². The molecule has 0 aliphatic rings.